The number of carbonyl (C=O) groups excluding carboxylic acids is 3. The summed E-state index contributed by atoms with van der Waals surface area (Å²) >= 11 is 0. The molecule has 0 fully saturated rings. The Morgan fingerprint density at radius 2 is 1.56 bits per heavy atom. The quantitative estimate of drug-likeness (QED) is 0.438. The highest BCUT2D eigenvalue weighted by atomic mass is 16.2. The summed E-state index contributed by atoms with van der Waals surface area (Å²) < 4.78 is 0. The molecule has 0 radical (unpaired) electrons. The van der Waals surface area contributed by atoms with Crippen molar-refractivity contribution < 1.29 is 14.4 Å². The van der Waals surface area contributed by atoms with Gasteiger partial charge in [0.25, 0.3) is 11.8 Å². The van der Waals surface area contributed by atoms with E-state index in [2.05, 4.69) is 0 Å². The van der Waals surface area contributed by atoms with Crippen LogP contribution in [-0.2, 0) is 4.79 Å². The zero-order valence-electron chi connectivity index (χ0n) is 10.1. The third kappa shape index (κ3) is 2.32. The second-order valence-electron chi connectivity index (χ2n) is 4.32. The number of fused-ring (bicyclic) bond motifs is 1. The van der Waals surface area contributed by atoms with Crippen molar-refractivity contribution in [2.24, 2.45) is 0 Å². The van der Waals surface area contributed by atoms with E-state index in [-0.39, 0.29) is 11.8 Å². The van der Waals surface area contributed by atoms with Crippen LogP contribution >= 0.6 is 0 Å². The Morgan fingerprint density at radius 3 is 2.11 bits per heavy atom. The van der Waals surface area contributed by atoms with E-state index in [1.165, 1.54) is 4.90 Å². The molecular weight excluding hydrogens is 230 g/mol. The third-order valence-electron chi connectivity index (χ3n) is 3.08. The van der Waals surface area contributed by atoms with Crippen LogP contribution in [0.4, 0.5) is 0 Å². The molecule has 94 valence electrons. The van der Waals surface area contributed by atoms with Gasteiger partial charge < -0.3 is 4.79 Å². The van der Waals surface area contributed by atoms with E-state index >= 15 is 0 Å². The van der Waals surface area contributed by atoms with Gasteiger partial charge in [-0.3, -0.25) is 14.5 Å². The molecule has 0 unspecified atom stereocenters. The van der Waals surface area contributed by atoms with Gasteiger partial charge in [-0.2, -0.15) is 0 Å². The van der Waals surface area contributed by atoms with Gasteiger partial charge in [0.1, 0.15) is 6.29 Å². The van der Waals surface area contributed by atoms with Gasteiger partial charge >= 0.3 is 0 Å². The first-order valence-electron chi connectivity index (χ1n) is 6.14. The Morgan fingerprint density at radius 1 is 0.944 bits per heavy atom. The van der Waals surface area contributed by atoms with Crippen molar-refractivity contribution in [1.29, 1.82) is 0 Å². The smallest absolute Gasteiger partial charge is 0.261 e. The topological polar surface area (TPSA) is 54.5 Å². The first kappa shape index (κ1) is 12.5. The maximum absolute atomic E-state index is 12.0. The second kappa shape index (κ2) is 5.58. The summed E-state index contributed by atoms with van der Waals surface area (Å²) in [5.41, 5.74) is 0.991. The summed E-state index contributed by atoms with van der Waals surface area (Å²) in [6.45, 7) is 0.436. The van der Waals surface area contributed by atoms with Crippen LogP contribution in [0.2, 0.25) is 0 Å². The summed E-state index contributed by atoms with van der Waals surface area (Å²) in [6.07, 6.45) is 3.85. The van der Waals surface area contributed by atoms with E-state index in [1.54, 1.807) is 24.3 Å². The van der Waals surface area contributed by atoms with Crippen molar-refractivity contribution in [3.63, 3.8) is 0 Å². The predicted octanol–water partition coefficient (Wildman–Crippen LogP) is 2.04. The summed E-state index contributed by atoms with van der Waals surface area (Å²) in [4.78, 5) is 35.4. The lowest BCUT2D eigenvalue weighted by molar-refractivity contribution is -0.107. The highest BCUT2D eigenvalue weighted by Gasteiger charge is 2.34. The fourth-order valence-electron chi connectivity index (χ4n) is 2.12. The first-order chi connectivity index (χ1) is 8.75. The van der Waals surface area contributed by atoms with Crippen molar-refractivity contribution in [2.75, 3.05) is 6.54 Å². The number of benzene rings is 1. The molecule has 1 aliphatic rings. The average Bonchev–Trinajstić information content (AvgIpc) is 2.64. The first-order valence-corrected chi connectivity index (χ1v) is 6.14. The number of aldehydes is 1. The molecule has 1 aliphatic heterocycles. The molecule has 0 bridgehead atoms. The fourth-order valence-corrected chi connectivity index (χ4v) is 2.12. The number of hydrogen-bond acceptors (Lipinski definition) is 3. The number of hydrogen-bond donors (Lipinski definition) is 0. The van der Waals surface area contributed by atoms with E-state index in [0.717, 1.165) is 25.5 Å². The fraction of sp³-hybridized carbons (Fsp3) is 0.357. The number of nitrogens with zero attached hydrogens (tertiary/aromatic N) is 1. The van der Waals surface area contributed by atoms with Crippen LogP contribution in [0.5, 0.6) is 0 Å². The van der Waals surface area contributed by atoms with E-state index < -0.39 is 0 Å². The Kier molecular flexibility index (Phi) is 3.87. The minimum Gasteiger partial charge on any atom is -0.303 e. The standard InChI is InChI=1S/C14H15NO3/c16-10-6-2-1-5-9-15-13(17)11-7-3-4-8-12(11)14(15)18/h3-4,7-8,10H,1-2,5-6,9H2. The van der Waals surface area contributed by atoms with Gasteiger partial charge in [-0.15, -0.1) is 0 Å². The molecule has 0 spiro atoms. The van der Waals surface area contributed by atoms with Gasteiger partial charge in [0.05, 0.1) is 11.1 Å². The van der Waals surface area contributed by atoms with E-state index in [9.17, 15) is 14.4 Å². The maximum atomic E-state index is 12.0. The normalized spacial score (nSPS) is 13.9. The van der Waals surface area contributed by atoms with Crippen LogP contribution in [-0.4, -0.2) is 29.5 Å². The van der Waals surface area contributed by atoms with Gasteiger partial charge in [0, 0.05) is 13.0 Å². The van der Waals surface area contributed by atoms with Gasteiger partial charge in [-0.05, 0) is 25.0 Å². The van der Waals surface area contributed by atoms with Gasteiger partial charge in [0.2, 0.25) is 0 Å². The third-order valence-corrected chi connectivity index (χ3v) is 3.08. The Bertz CT molecular complexity index is 447. The molecule has 1 heterocycles. The van der Waals surface area contributed by atoms with Crippen LogP contribution in [0.15, 0.2) is 24.3 Å². The zero-order chi connectivity index (χ0) is 13.0. The molecule has 0 saturated heterocycles. The van der Waals surface area contributed by atoms with Crippen LogP contribution in [0.25, 0.3) is 0 Å². The monoisotopic (exact) mass is 245 g/mol. The Balaban J connectivity index is 1.94. The van der Waals surface area contributed by atoms with E-state index in [1.807, 2.05) is 0 Å². The molecule has 0 atom stereocenters. The number of imide groups is 1. The molecule has 0 saturated carbocycles. The number of rotatable bonds is 6. The molecule has 2 rings (SSSR count). The largest absolute Gasteiger partial charge is 0.303 e. The molecule has 2 amide bonds. The molecule has 0 N–H and O–H groups in total. The Labute approximate surface area is 106 Å². The lowest BCUT2D eigenvalue weighted by atomic mass is 10.1. The maximum Gasteiger partial charge on any atom is 0.261 e. The van der Waals surface area contributed by atoms with Gasteiger partial charge in [0.15, 0.2) is 0 Å². The summed E-state index contributed by atoms with van der Waals surface area (Å²) in [7, 11) is 0. The molecular formula is C14H15NO3. The highest BCUT2D eigenvalue weighted by molar-refractivity contribution is 6.21. The van der Waals surface area contributed by atoms with Crippen molar-refractivity contribution in [1.82, 2.24) is 4.90 Å². The molecule has 0 aliphatic carbocycles. The molecule has 18 heavy (non-hydrogen) atoms. The highest BCUT2D eigenvalue weighted by Crippen LogP contribution is 2.22. The minimum atomic E-state index is -0.203. The van der Waals surface area contributed by atoms with Crippen molar-refractivity contribution >= 4 is 18.1 Å². The number of unbranched alkanes of at least 4 members (excludes halogenated alkanes) is 3. The van der Waals surface area contributed by atoms with E-state index in [4.69, 9.17) is 0 Å². The average molecular weight is 245 g/mol. The van der Waals surface area contributed by atoms with Crippen LogP contribution < -0.4 is 0 Å². The SMILES string of the molecule is O=CCCCCCN1C(=O)c2ccccc2C1=O. The van der Waals surface area contributed by atoms with E-state index in [0.29, 0.717) is 24.1 Å². The van der Waals surface area contributed by atoms with Crippen LogP contribution in [0.1, 0.15) is 46.4 Å². The Hall–Kier alpha value is -1.97. The van der Waals surface area contributed by atoms with Crippen molar-refractivity contribution in [3.8, 4) is 0 Å². The lowest BCUT2D eigenvalue weighted by Crippen LogP contribution is -2.30. The zero-order valence-corrected chi connectivity index (χ0v) is 10.1. The van der Waals surface area contributed by atoms with Crippen LogP contribution in [0, 0.1) is 0 Å². The molecule has 4 heteroatoms. The van der Waals surface area contributed by atoms with Crippen molar-refractivity contribution in [2.45, 2.75) is 25.7 Å². The molecule has 4 nitrogen and oxygen atoms in total. The van der Waals surface area contributed by atoms with Crippen LogP contribution in [0.3, 0.4) is 0 Å². The number of amides is 2. The predicted molar refractivity (Wildman–Crippen MR) is 66.3 cm³/mol. The molecule has 0 aromatic heterocycles. The van der Waals surface area contributed by atoms with Crippen molar-refractivity contribution in [3.05, 3.63) is 35.4 Å². The summed E-state index contributed by atoms with van der Waals surface area (Å²) in [5, 5.41) is 0. The molecule has 1 aromatic carbocycles. The second-order valence-corrected chi connectivity index (χ2v) is 4.32. The summed E-state index contributed by atoms with van der Waals surface area (Å²) in [5.74, 6) is -0.406. The summed E-state index contributed by atoms with van der Waals surface area (Å²) in [6, 6.07) is 6.89. The van der Waals surface area contributed by atoms with Gasteiger partial charge in [-0.1, -0.05) is 18.6 Å². The number of carbonyl (C=O) groups is 3. The lowest BCUT2D eigenvalue weighted by Gasteiger charge is -2.12. The van der Waals surface area contributed by atoms with Gasteiger partial charge in [-0.25, -0.2) is 0 Å². The minimum absolute atomic E-state index is 0.203. The molecule has 1 aromatic rings.